The van der Waals surface area contributed by atoms with Crippen LogP contribution in [-0.4, -0.2) is 26.4 Å². The van der Waals surface area contributed by atoms with Crippen LogP contribution in [0.25, 0.3) is 16.4 Å². The first-order valence-corrected chi connectivity index (χ1v) is 12.2. The molecule has 31 heavy (non-hydrogen) atoms. The van der Waals surface area contributed by atoms with Gasteiger partial charge in [-0.2, -0.15) is 0 Å². The molecule has 0 aliphatic heterocycles. The first-order chi connectivity index (χ1) is 15.2. The molecule has 0 atom stereocenters. The van der Waals surface area contributed by atoms with Crippen LogP contribution in [0.5, 0.6) is 0 Å². The molecule has 2 heterocycles. The molecule has 4 aromatic rings. The van der Waals surface area contributed by atoms with Gasteiger partial charge in [0.25, 0.3) is 0 Å². The molecule has 0 fully saturated rings. The fourth-order valence-corrected chi connectivity index (χ4v) is 4.90. The standard InChI is InChI=1S/C24H24N4OS2/c1-3-17-10-8-11-18(4-2)22(17)25-21(29)16-31-24-27-26-23(20-14-9-15-30-20)28(24)19-12-6-5-7-13-19/h5-15H,3-4,16H2,1-2H3,(H,25,29). The number of anilines is 1. The minimum absolute atomic E-state index is 0.0408. The molecule has 0 unspecified atom stereocenters. The molecule has 0 spiro atoms. The molecule has 4 rings (SSSR count). The van der Waals surface area contributed by atoms with E-state index >= 15 is 0 Å². The van der Waals surface area contributed by atoms with Crippen LogP contribution in [0.1, 0.15) is 25.0 Å². The lowest BCUT2D eigenvalue weighted by Gasteiger charge is -2.14. The highest BCUT2D eigenvalue weighted by Crippen LogP contribution is 2.30. The summed E-state index contributed by atoms with van der Waals surface area (Å²) < 4.78 is 2.02. The second-order valence-electron chi connectivity index (χ2n) is 6.95. The van der Waals surface area contributed by atoms with Gasteiger partial charge in [-0.05, 0) is 47.5 Å². The first kappa shape index (κ1) is 21.3. The Morgan fingerprint density at radius 2 is 1.71 bits per heavy atom. The number of benzene rings is 2. The van der Waals surface area contributed by atoms with E-state index in [9.17, 15) is 4.79 Å². The number of aromatic nitrogens is 3. The quantitative estimate of drug-likeness (QED) is 0.343. The smallest absolute Gasteiger partial charge is 0.234 e. The van der Waals surface area contributed by atoms with Crippen LogP contribution in [0.4, 0.5) is 5.69 Å². The van der Waals surface area contributed by atoms with Gasteiger partial charge in [0.05, 0.1) is 10.6 Å². The van der Waals surface area contributed by atoms with Crippen molar-refractivity contribution in [2.75, 3.05) is 11.1 Å². The SMILES string of the molecule is CCc1cccc(CC)c1NC(=O)CSc1nnc(-c2cccs2)n1-c1ccccc1. The number of nitrogens with zero attached hydrogens (tertiary/aromatic N) is 3. The van der Waals surface area contributed by atoms with Crippen LogP contribution in [0.15, 0.2) is 71.2 Å². The molecule has 0 aliphatic rings. The summed E-state index contributed by atoms with van der Waals surface area (Å²) in [7, 11) is 0. The number of amides is 1. The van der Waals surface area contributed by atoms with E-state index in [1.54, 1.807) is 11.3 Å². The summed E-state index contributed by atoms with van der Waals surface area (Å²) in [5.41, 5.74) is 4.24. The number of thioether (sulfide) groups is 1. The van der Waals surface area contributed by atoms with Crippen molar-refractivity contribution in [2.24, 2.45) is 0 Å². The summed E-state index contributed by atoms with van der Waals surface area (Å²) in [6, 6.07) is 20.2. The highest BCUT2D eigenvalue weighted by atomic mass is 32.2. The Hall–Kier alpha value is -2.90. The van der Waals surface area contributed by atoms with Crippen molar-refractivity contribution in [2.45, 2.75) is 31.8 Å². The van der Waals surface area contributed by atoms with Crippen molar-refractivity contribution in [3.63, 3.8) is 0 Å². The number of rotatable bonds is 8. The molecule has 0 radical (unpaired) electrons. The lowest BCUT2D eigenvalue weighted by atomic mass is 10.0. The molecular formula is C24H24N4OS2. The maximum Gasteiger partial charge on any atom is 0.234 e. The van der Waals surface area contributed by atoms with Gasteiger partial charge in [0.15, 0.2) is 11.0 Å². The third kappa shape index (κ3) is 4.73. The van der Waals surface area contributed by atoms with Crippen LogP contribution >= 0.6 is 23.1 Å². The number of carbonyl (C=O) groups is 1. The summed E-state index contributed by atoms with van der Waals surface area (Å²) >= 11 is 3.02. The summed E-state index contributed by atoms with van der Waals surface area (Å²) in [6.45, 7) is 4.21. The second-order valence-corrected chi connectivity index (χ2v) is 8.84. The maximum atomic E-state index is 12.8. The van der Waals surface area contributed by atoms with Crippen LogP contribution < -0.4 is 5.32 Å². The summed E-state index contributed by atoms with van der Waals surface area (Å²) in [5, 5.41) is 14.7. The van der Waals surface area contributed by atoms with E-state index in [1.807, 2.05) is 52.4 Å². The normalized spacial score (nSPS) is 10.9. The fraction of sp³-hybridized carbons (Fsp3) is 0.208. The minimum Gasteiger partial charge on any atom is -0.325 e. The number of carbonyl (C=O) groups excluding carboxylic acids is 1. The summed E-state index contributed by atoms with van der Waals surface area (Å²) in [6.07, 6.45) is 1.76. The van der Waals surface area contributed by atoms with Gasteiger partial charge >= 0.3 is 0 Å². The number of hydrogen-bond donors (Lipinski definition) is 1. The van der Waals surface area contributed by atoms with E-state index in [-0.39, 0.29) is 11.7 Å². The average molecular weight is 449 g/mol. The first-order valence-electron chi connectivity index (χ1n) is 10.3. The van der Waals surface area contributed by atoms with Gasteiger partial charge in [-0.3, -0.25) is 9.36 Å². The van der Waals surface area contributed by atoms with Gasteiger partial charge in [0.1, 0.15) is 0 Å². The number of hydrogen-bond acceptors (Lipinski definition) is 5. The second kappa shape index (κ2) is 9.94. The Balaban J connectivity index is 1.56. The van der Waals surface area contributed by atoms with Crippen molar-refractivity contribution < 1.29 is 4.79 Å². The van der Waals surface area contributed by atoms with Crippen molar-refractivity contribution >= 4 is 34.7 Å². The van der Waals surface area contributed by atoms with Gasteiger partial charge in [-0.15, -0.1) is 21.5 Å². The Bertz CT molecular complexity index is 1130. The number of nitrogens with one attached hydrogen (secondary N) is 1. The van der Waals surface area contributed by atoms with Gasteiger partial charge < -0.3 is 5.32 Å². The number of para-hydroxylation sites is 2. The minimum atomic E-state index is -0.0408. The molecule has 2 aromatic heterocycles. The van der Waals surface area contributed by atoms with Crippen molar-refractivity contribution in [1.82, 2.24) is 14.8 Å². The molecule has 158 valence electrons. The highest BCUT2D eigenvalue weighted by molar-refractivity contribution is 7.99. The molecule has 1 amide bonds. The van der Waals surface area contributed by atoms with E-state index in [2.05, 4.69) is 47.6 Å². The molecule has 5 nitrogen and oxygen atoms in total. The Morgan fingerprint density at radius 3 is 2.35 bits per heavy atom. The van der Waals surface area contributed by atoms with Gasteiger partial charge in [0, 0.05) is 11.4 Å². The monoisotopic (exact) mass is 448 g/mol. The van der Waals surface area contributed by atoms with Gasteiger partial charge in [-0.25, -0.2) is 0 Å². The van der Waals surface area contributed by atoms with Gasteiger partial charge in [0.2, 0.25) is 5.91 Å². The average Bonchev–Trinajstić information content (AvgIpc) is 3.48. The molecule has 0 saturated heterocycles. The zero-order valence-electron chi connectivity index (χ0n) is 17.5. The molecule has 0 saturated carbocycles. The molecule has 7 heteroatoms. The molecule has 1 N–H and O–H groups in total. The van der Waals surface area contributed by atoms with Crippen molar-refractivity contribution in [3.05, 3.63) is 77.2 Å². The van der Waals surface area contributed by atoms with E-state index < -0.39 is 0 Å². The molecule has 0 bridgehead atoms. The molecular weight excluding hydrogens is 424 g/mol. The summed E-state index contributed by atoms with van der Waals surface area (Å²) in [5.74, 6) is 1.01. The Labute approximate surface area is 190 Å². The summed E-state index contributed by atoms with van der Waals surface area (Å²) in [4.78, 5) is 13.9. The van der Waals surface area contributed by atoms with Crippen molar-refractivity contribution in [1.29, 1.82) is 0 Å². The molecule has 0 aliphatic carbocycles. The van der Waals surface area contributed by atoms with E-state index in [1.165, 1.54) is 11.8 Å². The third-order valence-corrected chi connectivity index (χ3v) is 6.78. The predicted molar refractivity (Wildman–Crippen MR) is 129 cm³/mol. The zero-order chi connectivity index (χ0) is 21.6. The van der Waals surface area contributed by atoms with E-state index in [0.29, 0.717) is 5.16 Å². The topological polar surface area (TPSA) is 59.8 Å². The zero-order valence-corrected chi connectivity index (χ0v) is 19.2. The highest BCUT2D eigenvalue weighted by Gasteiger charge is 2.18. The maximum absolute atomic E-state index is 12.8. The largest absolute Gasteiger partial charge is 0.325 e. The van der Waals surface area contributed by atoms with Crippen LogP contribution in [-0.2, 0) is 17.6 Å². The van der Waals surface area contributed by atoms with Gasteiger partial charge in [-0.1, -0.05) is 68.1 Å². The predicted octanol–water partition coefficient (Wildman–Crippen LogP) is 5.85. The van der Waals surface area contributed by atoms with Crippen molar-refractivity contribution in [3.8, 4) is 16.4 Å². The Morgan fingerprint density at radius 1 is 0.968 bits per heavy atom. The van der Waals surface area contributed by atoms with Crippen LogP contribution in [0.2, 0.25) is 0 Å². The Kier molecular flexibility index (Phi) is 6.84. The lowest BCUT2D eigenvalue weighted by Crippen LogP contribution is -2.17. The number of thiophene rings is 1. The number of aryl methyl sites for hydroxylation is 2. The van der Waals surface area contributed by atoms with Crippen LogP contribution in [0.3, 0.4) is 0 Å². The molecule has 2 aromatic carbocycles. The fourth-order valence-electron chi connectivity index (χ4n) is 3.45. The third-order valence-electron chi connectivity index (χ3n) is 4.98. The van der Waals surface area contributed by atoms with Crippen LogP contribution in [0, 0.1) is 0 Å². The van der Waals surface area contributed by atoms with E-state index in [0.717, 1.165) is 46.0 Å². The van der Waals surface area contributed by atoms with E-state index in [4.69, 9.17) is 0 Å². The lowest BCUT2D eigenvalue weighted by molar-refractivity contribution is -0.113.